The third-order valence-corrected chi connectivity index (χ3v) is 3.14. The van der Waals surface area contributed by atoms with Crippen LogP contribution < -0.4 is 4.90 Å². The first-order valence-corrected chi connectivity index (χ1v) is 5.84. The molecule has 0 radical (unpaired) electrons. The molecule has 0 spiro atoms. The molecule has 1 unspecified atom stereocenters. The van der Waals surface area contributed by atoms with Gasteiger partial charge in [-0.05, 0) is 25.8 Å². The summed E-state index contributed by atoms with van der Waals surface area (Å²) in [6.45, 7) is 3.72. The molecule has 1 aliphatic heterocycles. The van der Waals surface area contributed by atoms with Crippen LogP contribution in [0.5, 0.6) is 0 Å². The summed E-state index contributed by atoms with van der Waals surface area (Å²) in [7, 11) is 0. The van der Waals surface area contributed by atoms with Gasteiger partial charge in [0.1, 0.15) is 0 Å². The van der Waals surface area contributed by atoms with E-state index in [1.165, 1.54) is 0 Å². The average Bonchev–Trinajstić information content (AvgIpc) is 2.28. The normalized spacial score (nSPS) is 21.2. The third kappa shape index (κ3) is 2.36. The number of piperidine rings is 1. The molecule has 1 aliphatic rings. The van der Waals surface area contributed by atoms with Gasteiger partial charge in [0.05, 0.1) is 12.7 Å². The van der Waals surface area contributed by atoms with Crippen molar-refractivity contribution in [2.75, 3.05) is 18.0 Å². The highest BCUT2D eigenvalue weighted by Crippen LogP contribution is 2.25. The van der Waals surface area contributed by atoms with Gasteiger partial charge in [-0.15, -0.1) is 0 Å². The molecule has 1 fully saturated rings. The Bertz CT molecular complexity index is 365. The van der Waals surface area contributed by atoms with Gasteiger partial charge in [0.15, 0.2) is 0 Å². The van der Waals surface area contributed by atoms with Crippen molar-refractivity contribution in [3.05, 3.63) is 29.3 Å². The molecular formula is C13H19NO2. The molecular weight excluding hydrogens is 202 g/mol. The van der Waals surface area contributed by atoms with Gasteiger partial charge in [0.25, 0.3) is 0 Å². The van der Waals surface area contributed by atoms with Crippen molar-refractivity contribution in [3.63, 3.8) is 0 Å². The van der Waals surface area contributed by atoms with E-state index in [2.05, 4.69) is 11.0 Å². The Labute approximate surface area is 96.3 Å². The molecule has 2 N–H and O–H groups in total. The minimum Gasteiger partial charge on any atom is -0.392 e. The van der Waals surface area contributed by atoms with Gasteiger partial charge >= 0.3 is 0 Å². The van der Waals surface area contributed by atoms with Crippen molar-refractivity contribution in [2.45, 2.75) is 32.5 Å². The molecule has 1 aromatic carbocycles. The lowest BCUT2D eigenvalue weighted by Crippen LogP contribution is -2.38. The summed E-state index contributed by atoms with van der Waals surface area (Å²) in [6, 6.07) is 6.10. The van der Waals surface area contributed by atoms with Gasteiger partial charge in [0, 0.05) is 24.3 Å². The fraction of sp³-hybridized carbons (Fsp3) is 0.538. The summed E-state index contributed by atoms with van der Waals surface area (Å²) >= 11 is 0. The van der Waals surface area contributed by atoms with Crippen LogP contribution in [0.1, 0.15) is 24.0 Å². The number of hydrogen-bond acceptors (Lipinski definition) is 3. The van der Waals surface area contributed by atoms with Crippen molar-refractivity contribution >= 4 is 5.69 Å². The number of hydrogen-bond donors (Lipinski definition) is 2. The van der Waals surface area contributed by atoms with Gasteiger partial charge in [-0.1, -0.05) is 17.7 Å². The first-order valence-electron chi connectivity index (χ1n) is 5.84. The maximum Gasteiger partial charge on any atom is 0.0715 e. The standard InChI is InChI=1S/C13H19NO2/c1-10-4-5-13(11(7-10)9-15)14-6-2-3-12(16)8-14/h4-5,7,12,15-16H,2-3,6,8-9H2,1H3. The zero-order chi connectivity index (χ0) is 11.5. The molecule has 1 saturated heterocycles. The van der Waals surface area contributed by atoms with Crippen molar-refractivity contribution < 1.29 is 10.2 Å². The average molecular weight is 221 g/mol. The van der Waals surface area contributed by atoms with Crippen LogP contribution in [0.4, 0.5) is 5.69 Å². The summed E-state index contributed by atoms with van der Waals surface area (Å²) in [5.41, 5.74) is 3.17. The summed E-state index contributed by atoms with van der Waals surface area (Å²) in [5.74, 6) is 0. The van der Waals surface area contributed by atoms with Gasteiger partial charge < -0.3 is 15.1 Å². The number of β-amino-alcohol motifs (C(OH)–C–C–N with tert-alkyl or cyclic N) is 1. The number of nitrogens with zero attached hydrogens (tertiary/aromatic N) is 1. The molecule has 3 heteroatoms. The Morgan fingerprint density at radius 3 is 2.94 bits per heavy atom. The second-order valence-electron chi connectivity index (χ2n) is 4.53. The zero-order valence-electron chi connectivity index (χ0n) is 9.69. The number of anilines is 1. The van der Waals surface area contributed by atoms with Crippen molar-refractivity contribution in [1.82, 2.24) is 0 Å². The predicted octanol–water partition coefficient (Wildman–Crippen LogP) is 1.45. The number of aryl methyl sites for hydroxylation is 1. The smallest absolute Gasteiger partial charge is 0.0715 e. The van der Waals surface area contributed by atoms with Crippen LogP contribution in [0, 0.1) is 6.92 Å². The van der Waals surface area contributed by atoms with Gasteiger partial charge in [-0.25, -0.2) is 0 Å². The van der Waals surface area contributed by atoms with Crippen LogP contribution in [-0.4, -0.2) is 29.4 Å². The van der Waals surface area contributed by atoms with E-state index in [0.29, 0.717) is 6.54 Å². The fourth-order valence-corrected chi connectivity index (χ4v) is 2.32. The maximum absolute atomic E-state index is 9.65. The molecule has 3 nitrogen and oxygen atoms in total. The highest BCUT2D eigenvalue weighted by Gasteiger charge is 2.19. The first kappa shape index (κ1) is 11.4. The van der Waals surface area contributed by atoms with Crippen LogP contribution in [0.15, 0.2) is 18.2 Å². The third-order valence-electron chi connectivity index (χ3n) is 3.14. The van der Waals surface area contributed by atoms with E-state index in [0.717, 1.165) is 36.2 Å². The Hall–Kier alpha value is -1.06. The van der Waals surface area contributed by atoms with Crippen molar-refractivity contribution in [1.29, 1.82) is 0 Å². The van der Waals surface area contributed by atoms with E-state index >= 15 is 0 Å². The monoisotopic (exact) mass is 221 g/mol. The lowest BCUT2D eigenvalue weighted by Gasteiger charge is -2.33. The van der Waals surface area contributed by atoms with E-state index in [4.69, 9.17) is 0 Å². The van der Waals surface area contributed by atoms with Gasteiger partial charge in [-0.3, -0.25) is 0 Å². The summed E-state index contributed by atoms with van der Waals surface area (Å²) in [5, 5.41) is 19.0. The van der Waals surface area contributed by atoms with Crippen molar-refractivity contribution in [3.8, 4) is 0 Å². The first-order chi connectivity index (χ1) is 7.70. The highest BCUT2D eigenvalue weighted by molar-refractivity contribution is 5.55. The van der Waals surface area contributed by atoms with Gasteiger partial charge in [0.2, 0.25) is 0 Å². The summed E-state index contributed by atoms with van der Waals surface area (Å²) in [4.78, 5) is 2.17. The Balaban J connectivity index is 2.24. The van der Waals surface area contributed by atoms with Crippen LogP contribution in [0.25, 0.3) is 0 Å². The quantitative estimate of drug-likeness (QED) is 0.794. The van der Waals surface area contributed by atoms with Crippen LogP contribution >= 0.6 is 0 Å². The molecule has 0 bridgehead atoms. The molecule has 1 aromatic rings. The van der Waals surface area contributed by atoms with E-state index in [9.17, 15) is 10.2 Å². The topological polar surface area (TPSA) is 43.7 Å². The fourth-order valence-electron chi connectivity index (χ4n) is 2.32. The second-order valence-corrected chi connectivity index (χ2v) is 4.53. The SMILES string of the molecule is Cc1ccc(N2CCCC(O)C2)c(CO)c1. The zero-order valence-corrected chi connectivity index (χ0v) is 9.69. The lowest BCUT2D eigenvalue weighted by molar-refractivity contribution is 0.154. The summed E-state index contributed by atoms with van der Waals surface area (Å²) < 4.78 is 0. The molecule has 0 aliphatic carbocycles. The Morgan fingerprint density at radius 2 is 2.25 bits per heavy atom. The number of rotatable bonds is 2. The van der Waals surface area contributed by atoms with Crippen LogP contribution in [-0.2, 0) is 6.61 Å². The molecule has 1 atom stereocenters. The van der Waals surface area contributed by atoms with Crippen LogP contribution in [0.3, 0.4) is 0 Å². The largest absolute Gasteiger partial charge is 0.392 e. The highest BCUT2D eigenvalue weighted by atomic mass is 16.3. The molecule has 88 valence electrons. The van der Waals surface area contributed by atoms with Crippen LogP contribution in [0.2, 0.25) is 0 Å². The molecule has 0 aromatic heterocycles. The van der Waals surface area contributed by atoms with E-state index in [-0.39, 0.29) is 12.7 Å². The van der Waals surface area contributed by atoms with E-state index < -0.39 is 0 Å². The Morgan fingerprint density at radius 1 is 1.44 bits per heavy atom. The Kier molecular flexibility index (Phi) is 3.46. The molecule has 16 heavy (non-hydrogen) atoms. The predicted molar refractivity (Wildman–Crippen MR) is 64.6 cm³/mol. The number of aliphatic hydroxyl groups is 2. The van der Waals surface area contributed by atoms with Crippen molar-refractivity contribution in [2.24, 2.45) is 0 Å². The maximum atomic E-state index is 9.65. The molecule has 2 rings (SSSR count). The summed E-state index contributed by atoms with van der Waals surface area (Å²) in [6.07, 6.45) is 1.66. The molecule has 0 amide bonds. The minimum atomic E-state index is -0.235. The van der Waals surface area contributed by atoms with E-state index in [1.807, 2.05) is 19.1 Å². The molecule has 1 heterocycles. The number of benzene rings is 1. The molecule has 0 saturated carbocycles. The minimum absolute atomic E-state index is 0.0591. The van der Waals surface area contributed by atoms with Gasteiger partial charge in [-0.2, -0.15) is 0 Å². The lowest BCUT2D eigenvalue weighted by atomic mass is 10.0. The second kappa shape index (κ2) is 4.85. The van der Waals surface area contributed by atoms with E-state index in [1.54, 1.807) is 0 Å². The number of aliphatic hydroxyl groups excluding tert-OH is 2.